The van der Waals surface area contributed by atoms with Crippen LogP contribution in [0.15, 0.2) is 42.7 Å². The van der Waals surface area contributed by atoms with E-state index >= 15 is 0 Å². The van der Waals surface area contributed by atoms with Gasteiger partial charge in [0.2, 0.25) is 5.95 Å². The number of hydrogen-bond donors (Lipinski definition) is 1. The summed E-state index contributed by atoms with van der Waals surface area (Å²) in [5.41, 5.74) is 1.51. The van der Waals surface area contributed by atoms with E-state index in [1.807, 2.05) is 29.2 Å². The number of carbonyl (C=O) groups is 1. The van der Waals surface area contributed by atoms with Crippen LogP contribution in [0.2, 0.25) is 0 Å². The third-order valence-electron chi connectivity index (χ3n) is 5.53. The van der Waals surface area contributed by atoms with Crippen molar-refractivity contribution in [2.45, 2.75) is 44.9 Å². The topological polar surface area (TPSA) is 70.6 Å². The molecule has 1 amide bonds. The predicted octanol–water partition coefficient (Wildman–Crippen LogP) is 2.93. The molecule has 0 saturated carbocycles. The molecule has 2 aromatic rings. The van der Waals surface area contributed by atoms with E-state index in [2.05, 4.69) is 34.0 Å². The summed E-state index contributed by atoms with van der Waals surface area (Å²) in [4.78, 5) is 26.1. The number of hydrogen-bond acceptors (Lipinski definition) is 6. The second-order valence-corrected chi connectivity index (χ2v) is 8.05. The fourth-order valence-corrected chi connectivity index (χ4v) is 4.41. The standard InChI is InChI=1S/C22H29N5O2/c1-16-13-26(14-17(2)29-16)15-20-8-4-11-27(20)21(28)18-6-3-7-19(12-18)25-22-23-9-5-10-24-22/h3,5-7,9-10,12,16-17,20H,4,8,11,13-15H2,1-2H3,(H,23,24,25). The van der Waals surface area contributed by atoms with Crippen LogP contribution in [0.25, 0.3) is 0 Å². The van der Waals surface area contributed by atoms with Gasteiger partial charge >= 0.3 is 0 Å². The normalized spacial score (nSPS) is 25.2. The van der Waals surface area contributed by atoms with Gasteiger partial charge in [-0.05, 0) is 51.0 Å². The van der Waals surface area contributed by atoms with Gasteiger partial charge in [0.05, 0.1) is 12.2 Å². The minimum atomic E-state index is 0.0967. The number of aromatic nitrogens is 2. The van der Waals surface area contributed by atoms with Crippen molar-refractivity contribution in [3.8, 4) is 0 Å². The molecular weight excluding hydrogens is 366 g/mol. The molecule has 3 unspecified atom stereocenters. The van der Waals surface area contributed by atoms with Crippen molar-refractivity contribution in [1.29, 1.82) is 0 Å². The van der Waals surface area contributed by atoms with Gasteiger partial charge in [-0.15, -0.1) is 0 Å². The summed E-state index contributed by atoms with van der Waals surface area (Å²) in [6.07, 6.45) is 5.97. The molecule has 1 N–H and O–H groups in total. The molecule has 4 rings (SSSR count). The highest BCUT2D eigenvalue weighted by Crippen LogP contribution is 2.24. The van der Waals surface area contributed by atoms with Crippen LogP contribution < -0.4 is 5.32 Å². The van der Waals surface area contributed by atoms with Gasteiger partial charge < -0.3 is 15.0 Å². The molecule has 0 bridgehead atoms. The third-order valence-corrected chi connectivity index (χ3v) is 5.53. The van der Waals surface area contributed by atoms with Crippen molar-refractivity contribution < 1.29 is 9.53 Å². The number of nitrogens with one attached hydrogen (secondary N) is 1. The number of likely N-dealkylation sites (tertiary alicyclic amines) is 1. The highest BCUT2D eigenvalue weighted by atomic mass is 16.5. The van der Waals surface area contributed by atoms with Gasteiger partial charge in [0, 0.05) is 55.9 Å². The van der Waals surface area contributed by atoms with E-state index < -0.39 is 0 Å². The van der Waals surface area contributed by atoms with Gasteiger partial charge in [0.15, 0.2) is 0 Å². The summed E-state index contributed by atoms with van der Waals surface area (Å²) >= 11 is 0. The number of morpholine rings is 1. The van der Waals surface area contributed by atoms with Crippen molar-refractivity contribution in [2.75, 3.05) is 31.5 Å². The molecule has 2 aliphatic heterocycles. The molecule has 29 heavy (non-hydrogen) atoms. The molecule has 2 saturated heterocycles. The first-order valence-electron chi connectivity index (χ1n) is 10.4. The quantitative estimate of drug-likeness (QED) is 0.839. The lowest BCUT2D eigenvalue weighted by atomic mass is 10.1. The summed E-state index contributed by atoms with van der Waals surface area (Å²) in [6.45, 7) is 7.83. The molecule has 1 aromatic heterocycles. The Hall–Kier alpha value is -2.51. The Morgan fingerprint density at radius 1 is 1.17 bits per heavy atom. The first kappa shape index (κ1) is 19.8. The minimum Gasteiger partial charge on any atom is -0.373 e. The Kier molecular flexibility index (Phi) is 6.06. The molecule has 7 heteroatoms. The smallest absolute Gasteiger partial charge is 0.254 e. The second-order valence-electron chi connectivity index (χ2n) is 8.05. The molecule has 3 heterocycles. The van der Waals surface area contributed by atoms with E-state index in [-0.39, 0.29) is 24.2 Å². The lowest BCUT2D eigenvalue weighted by molar-refractivity contribution is -0.0715. The maximum atomic E-state index is 13.3. The molecule has 2 aliphatic rings. The van der Waals surface area contributed by atoms with Crippen molar-refractivity contribution in [3.05, 3.63) is 48.3 Å². The maximum absolute atomic E-state index is 13.3. The lowest BCUT2D eigenvalue weighted by Crippen LogP contribution is -2.50. The van der Waals surface area contributed by atoms with Crippen LogP contribution >= 0.6 is 0 Å². The molecule has 3 atom stereocenters. The molecule has 2 fully saturated rings. The van der Waals surface area contributed by atoms with Crippen LogP contribution in [-0.2, 0) is 4.74 Å². The van der Waals surface area contributed by atoms with Gasteiger partial charge in [0.1, 0.15) is 0 Å². The highest BCUT2D eigenvalue weighted by molar-refractivity contribution is 5.95. The minimum absolute atomic E-state index is 0.0967. The average molecular weight is 396 g/mol. The summed E-state index contributed by atoms with van der Waals surface area (Å²) in [6, 6.07) is 9.61. The monoisotopic (exact) mass is 395 g/mol. The zero-order valence-electron chi connectivity index (χ0n) is 17.1. The number of benzene rings is 1. The molecule has 7 nitrogen and oxygen atoms in total. The summed E-state index contributed by atoms with van der Waals surface area (Å²) in [5.74, 6) is 0.617. The lowest BCUT2D eigenvalue weighted by Gasteiger charge is -2.38. The largest absolute Gasteiger partial charge is 0.373 e. The fourth-order valence-electron chi connectivity index (χ4n) is 4.41. The first-order chi connectivity index (χ1) is 14.1. The fraction of sp³-hybridized carbons (Fsp3) is 0.500. The van der Waals surface area contributed by atoms with Crippen molar-refractivity contribution >= 4 is 17.5 Å². The number of ether oxygens (including phenoxy) is 1. The summed E-state index contributed by atoms with van der Waals surface area (Å²) in [5, 5.41) is 3.16. The van der Waals surface area contributed by atoms with E-state index in [9.17, 15) is 4.79 Å². The summed E-state index contributed by atoms with van der Waals surface area (Å²) < 4.78 is 5.85. The van der Waals surface area contributed by atoms with Crippen molar-refractivity contribution in [2.24, 2.45) is 0 Å². The van der Waals surface area contributed by atoms with E-state index in [4.69, 9.17) is 4.74 Å². The zero-order chi connectivity index (χ0) is 20.2. The van der Waals surface area contributed by atoms with Crippen molar-refractivity contribution in [1.82, 2.24) is 19.8 Å². The SMILES string of the molecule is CC1CN(CC2CCCN2C(=O)c2cccc(Nc3ncccn3)c2)CC(C)O1. The van der Waals surface area contributed by atoms with Crippen LogP contribution in [0.5, 0.6) is 0 Å². The van der Waals surface area contributed by atoms with E-state index in [1.165, 1.54) is 0 Å². The van der Waals surface area contributed by atoms with Gasteiger partial charge in [-0.1, -0.05) is 6.07 Å². The highest BCUT2D eigenvalue weighted by Gasteiger charge is 2.32. The number of anilines is 2. The van der Waals surface area contributed by atoms with Crippen molar-refractivity contribution in [3.63, 3.8) is 0 Å². The van der Waals surface area contributed by atoms with Crippen LogP contribution in [0.3, 0.4) is 0 Å². The Balaban J connectivity index is 1.43. The Morgan fingerprint density at radius 2 is 1.93 bits per heavy atom. The molecule has 0 aliphatic carbocycles. The molecule has 0 spiro atoms. The van der Waals surface area contributed by atoms with Gasteiger partial charge in [-0.2, -0.15) is 0 Å². The zero-order valence-corrected chi connectivity index (χ0v) is 17.1. The number of carbonyl (C=O) groups excluding carboxylic acids is 1. The average Bonchev–Trinajstić information content (AvgIpc) is 3.15. The number of amides is 1. The van der Waals surface area contributed by atoms with Crippen LogP contribution in [-0.4, -0.2) is 70.1 Å². The van der Waals surface area contributed by atoms with E-state index in [1.54, 1.807) is 18.5 Å². The second kappa shape index (κ2) is 8.88. The van der Waals surface area contributed by atoms with E-state index in [0.29, 0.717) is 11.5 Å². The molecule has 1 aromatic carbocycles. The number of rotatable bonds is 5. The Labute approximate surface area is 172 Å². The van der Waals surface area contributed by atoms with Gasteiger partial charge in [0.25, 0.3) is 5.91 Å². The van der Waals surface area contributed by atoms with Crippen LogP contribution in [0.4, 0.5) is 11.6 Å². The Bertz CT molecular complexity index is 821. The van der Waals surface area contributed by atoms with Crippen LogP contribution in [0.1, 0.15) is 37.0 Å². The summed E-state index contributed by atoms with van der Waals surface area (Å²) in [7, 11) is 0. The van der Waals surface area contributed by atoms with E-state index in [0.717, 1.165) is 44.7 Å². The first-order valence-corrected chi connectivity index (χ1v) is 10.4. The number of nitrogens with zero attached hydrogens (tertiary/aromatic N) is 4. The van der Waals surface area contributed by atoms with Gasteiger partial charge in [-0.3, -0.25) is 9.69 Å². The molecular formula is C22H29N5O2. The maximum Gasteiger partial charge on any atom is 0.254 e. The third kappa shape index (κ3) is 4.92. The predicted molar refractivity (Wildman–Crippen MR) is 112 cm³/mol. The van der Waals surface area contributed by atoms with Gasteiger partial charge in [-0.25, -0.2) is 9.97 Å². The Morgan fingerprint density at radius 3 is 2.69 bits per heavy atom. The molecule has 0 radical (unpaired) electrons. The molecule has 154 valence electrons. The van der Waals surface area contributed by atoms with Crippen LogP contribution in [0, 0.1) is 0 Å².